The van der Waals surface area contributed by atoms with Crippen molar-refractivity contribution >= 4 is 15.9 Å². The molecule has 2 unspecified atom stereocenters. The van der Waals surface area contributed by atoms with Crippen LogP contribution < -0.4 is 10.0 Å². The van der Waals surface area contributed by atoms with Gasteiger partial charge in [-0.15, -0.1) is 0 Å². The van der Waals surface area contributed by atoms with E-state index in [9.17, 15) is 13.2 Å². The maximum absolute atomic E-state index is 11.4. The Morgan fingerprint density at radius 3 is 2.38 bits per heavy atom. The third-order valence-electron chi connectivity index (χ3n) is 3.34. The van der Waals surface area contributed by atoms with Crippen LogP contribution >= 0.6 is 0 Å². The molecule has 92 valence electrons. The lowest BCUT2D eigenvalue weighted by Gasteiger charge is -2.28. The summed E-state index contributed by atoms with van der Waals surface area (Å²) < 4.78 is 23.8. The van der Waals surface area contributed by atoms with Crippen LogP contribution in [0.5, 0.6) is 0 Å². The summed E-state index contributed by atoms with van der Waals surface area (Å²) >= 11 is 0. The molecule has 2 saturated heterocycles. The molecule has 0 aliphatic carbocycles. The lowest BCUT2D eigenvalue weighted by molar-refractivity contribution is -0.120. The Morgan fingerprint density at radius 2 is 1.88 bits per heavy atom. The number of piperidine rings is 1. The van der Waals surface area contributed by atoms with Gasteiger partial charge in [0.15, 0.2) is 0 Å². The fourth-order valence-corrected chi connectivity index (χ4v) is 3.35. The number of nitrogens with one attached hydrogen (secondary N) is 2. The van der Waals surface area contributed by atoms with E-state index in [0.29, 0.717) is 24.4 Å². The average molecular weight is 246 g/mol. The second-order valence-corrected chi connectivity index (χ2v) is 6.73. The van der Waals surface area contributed by atoms with Crippen molar-refractivity contribution in [1.29, 1.82) is 0 Å². The molecule has 0 aromatic carbocycles. The van der Waals surface area contributed by atoms with E-state index in [4.69, 9.17) is 0 Å². The Morgan fingerprint density at radius 1 is 1.31 bits per heavy atom. The summed E-state index contributed by atoms with van der Waals surface area (Å²) in [6, 6.07) is 1.07. The summed E-state index contributed by atoms with van der Waals surface area (Å²) in [6.07, 6.45) is 5.71. The zero-order valence-electron chi connectivity index (χ0n) is 9.40. The largest absolute Gasteiger partial charge is 0.311 e. The minimum Gasteiger partial charge on any atom is -0.311 e. The summed E-state index contributed by atoms with van der Waals surface area (Å²) in [5.41, 5.74) is 0. The number of hydrogen-bond donors (Lipinski definition) is 2. The molecule has 16 heavy (non-hydrogen) atoms. The van der Waals surface area contributed by atoms with Crippen molar-refractivity contribution in [3.63, 3.8) is 0 Å². The van der Waals surface area contributed by atoms with Crippen molar-refractivity contribution in [3.8, 4) is 0 Å². The molecule has 2 N–H and O–H groups in total. The highest BCUT2D eigenvalue weighted by Gasteiger charge is 2.34. The maximum Gasteiger partial charge on any atom is 0.233 e. The third kappa shape index (κ3) is 3.18. The molecule has 2 rings (SSSR count). The Labute approximate surface area is 96.0 Å². The molecule has 2 heterocycles. The monoisotopic (exact) mass is 246 g/mol. The molecular weight excluding hydrogens is 228 g/mol. The normalized spacial score (nSPS) is 33.7. The van der Waals surface area contributed by atoms with Gasteiger partial charge in [-0.25, -0.2) is 8.42 Å². The highest BCUT2D eigenvalue weighted by atomic mass is 32.2. The predicted octanol–water partition coefficient (Wildman–Crippen LogP) is -0.0171. The van der Waals surface area contributed by atoms with Gasteiger partial charge in [0.05, 0.1) is 6.26 Å². The molecule has 2 aliphatic heterocycles. The van der Waals surface area contributed by atoms with Crippen LogP contribution in [0.2, 0.25) is 0 Å². The fourth-order valence-electron chi connectivity index (χ4n) is 2.85. The number of amides is 1. The zero-order valence-corrected chi connectivity index (χ0v) is 10.2. The Balaban J connectivity index is 1.84. The van der Waals surface area contributed by atoms with E-state index < -0.39 is 10.0 Å². The van der Waals surface area contributed by atoms with Gasteiger partial charge in [0, 0.05) is 18.5 Å². The Kier molecular flexibility index (Phi) is 3.21. The van der Waals surface area contributed by atoms with E-state index in [0.717, 1.165) is 19.1 Å². The first-order valence-corrected chi connectivity index (χ1v) is 7.58. The third-order valence-corrected chi connectivity index (χ3v) is 3.94. The number of fused-ring (bicyclic) bond motifs is 2. The van der Waals surface area contributed by atoms with E-state index in [-0.39, 0.29) is 5.91 Å². The lowest BCUT2D eigenvalue weighted by atomic mass is 9.89. The molecule has 2 aliphatic rings. The van der Waals surface area contributed by atoms with Crippen molar-refractivity contribution in [2.75, 3.05) is 6.26 Å². The number of sulfonamides is 1. The first-order chi connectivity index (χ1) is 7.42. The molecule has 0 aromatic rings. The quantitative estimate of drug-likeness (QED) is 0.734. The molecule has 2 atom stereocenters. The standard InChI is InChI=1S/C10H18N2O3S/c1-16(14,15)12-10(13)6-7-4-8-2-3-9(5-7)11-8/h7-9,11H,2-6H2,1H3,(H,12,13). The van der Waals surface area contributed by atoms with Crippen LogP contribution in [0.25, 0.3) is 0 Å². The zero-order chi connectivity index (χ0) is 11.8. The van der Waals surface area contributed by atoms with Crippen LogP contribution in [-0.4, -0.2) is 32.7 Å². The fraction of sp³-hybridized carbons (Fsp3) is 0.900. The van der Waals surface area contributed by atoms with Gasteiger partial charge in [0.25, 0.3) is 0 Å². The highest BCUT2D eigenvalue weighted by molar-refractivity contribution is 7.89. The summed E-state index contributed by atoms with van der Waals surface area (Å²) in [5.74, 6) is -0.0331. The molecule has 0 saturated carbocycles. The molecule has 0 aromatic heterocycles. The summed E-state index contributed by atoms with van der Waals surface area (Å²) in [7, 11) is -3.40. The average Bonchev–Trinajstić information content (AvgIpc) is 2.42. The summed E-state index contributed by atoms with van der Waals surface area (Å²) in [5, 5.41) is 3.49. The van der Waals surface area contributed by atoms with E-state index in [1.807, 2.05) is 4.72 Å². The van der Waals surface area contributed by atoms with Gasteiger partial charge in [0.2, 0.25) is 15.9 Å². The van der Waals surface area contributed by atoms with Crippen LogP contribution in [0, 0.1) is 5.92 Å². The molecule has 2 bridgehead atoms. The minimum absolute atomic E-state index is 0.334. The first-order valence-electron chi connectivity index (χ1n) is 5.69. The molecule has 2 fully saturated rings. The lowest BCUT2D eigenvalue weighted by Crippen LogP contribution is -2.40. The van der Waals surface area contributed by atoms with Gasteiger partial charge in [-0.3, -0.25) is 9.52 Å². The van der Waals surface area contributed by atoms with Crippen LogP contribution in [-0.2, 0) is 14.8 Å². The van der Waals surface area contributed by atoms with Gasteiger partial charge in [-0.05, 0) is 31.6 Å². The van der Waals surface area contributed by atoms with Gasteiger partial charge >= 0.3 is 0 Å². The van der Waals surface area contributed by atoms with Crippen LogP contribution in [0.15, 0.2) is 0 Å². The van der Waals surface area contributed by atoms with Gasteiger partial charge in [-0.2, -0.15) is 0 Å². The smallest absolute Gasteiger partial charge is 0.233 e. The van der Waals surface area contributed by atoms with Crippen LogP contribution in [0.1, 0.15) is 32.1 Å². The maximum atomic E-state index is 11.4. The number of carbonyl (C=O) groups excluding carboxylic acids is 1. The van der Waals surface area contributed by atoms with Gasteiger partial charge in [-0.1, -0.05) is 0 Å². The van der Waals surface area contributed by atoms with Crippen molar-refractivity contribution in [1.82, 2.24) is 10.0 Å². The van der Waals surface area contributed by atoms with Crippen LogP contribution in [0.3, 0.4) is 0 Å². The molecular formula is C10H18N2O3S. The topological polar surface area (TPSA) is 75.3 Å². The molecule has 0 spiro atoms. The van der Waals surface area contributed by atoms with E-state index in [2.05, 4.69) is 5.32 Å². The van der Waals surface area contributed by atoms with E-state index in [1.54, 1.807) is 0 Å². The van der Waals surface area contributed by atoms with Crippen molar-refractivity contribution < 1.29 is 13.2 Å². The SMILES string of the molecule is CS(=O)(=O)NC(=O)CC1CC2CCC(C1)N2. The molecule has 5 nitrogen and oxygen atoms in total. The van der Waals surface area contributed by atoms with E-state index >= 15 is 0 Å². The Bertz CT molecular complexity index is 368. The summed E-state index contributed by atoms with van der Waals surface area (Å²) in [4.78, 5) is 11.4. The number of rotatable bonds is 3. The highest BCUT2D eigenvalue weighted by Crippen LogP contribution is 2.32. The minimum atomic E-state index is -3.40. The van der Waals surface area contributed by atoms with Crippen molar-refractivity contribution in [2.45, 2.75) is 44.2 Å². The molecule has 6 heteroatoms. The summed E-state index contributed by atoms with van der Waals surface area (Å²) in [6.45, 7) is 0. The van der Waals surface area contributed by atoms with Gasteiger partial charge in [0.1, 0.15) is 0 Å². The van der Waals surface area contributed by atoms with Crippen LogP contribution in [0.4, 0.5) is 0 Å². The Hall–Kier alpha value is -0.620. The second kappa shape index (κ2) is 4.33. The second-order valence-electron chi connectivity index (χ2n) is 4.98. The first kappa shape index (κ1) is 11.9. The number of hydrogen-bond acceptors (Lipinski definition) is 4. The van der Waals surface area contributed by atoms with Crippen molar-refractivity contribution in [2.24, 2.45) is 5.92 Å². The molecule has 0 radical (unpaired) electrons. The number of carbonyl (C=O) groups is 1. The van der Waals surface area contributed by atoms with Gasteiger partial charge < -0.3 is 5.32 Å². The van der Waals surface area contributed by atoms with Crippen molar-refractivity contribution in [3.05, 3.63) is 0 Å². The predicted molar refractivity (Wildman–Crippen MR) is 60.3 cm³/mol. The van der Waals surface area contributed by atoms with E-state index in [1.165, 1.54) is 12.8 Å². The molecule has 1 amide bonds.